The number of sulfone groups is 1. The Bertz CT molecular complexity index is 1930. The van der Waals surface area contributed by atoms with Crippen LogP contribution in [0.25, 0.3) is 0 Å². The van der Waals surface area contributed by atoms with Gasteiger partial charge in [0.15, 0.2) is 33.0 Å². The first-order valence-corrected chi connectivity index (χ1v) is 18.2. The number of aliphatic hydroxyl groups excluding tert-OH is 1. The number of methoxy groups -OCH3 is 4. The van der Waals surface area contributed by atoms with Crippen LogP contribution >= 0.6 is 0 Å². The van der Waals surface area contributed by atoms with Gasteiger partial charge in [-0.15, -0.1) is 0 Å². The number of hydrogen-bond acceptors (Lipinski definition) is 12. The minimum absolute atomic E-state index is 0.00979. The SMILES string of the molecule is COc1cccc([C@@H]2OC(c3ccc(OCCCO)cc3)=N[C@]2(CCS(=O)(=O)c2ccccc2)C(=O)NNCc2cc(OC)c(OC)c(OC)c2)c1. The van der Waals surface area contributed by atoms with Gasteiger partial charge >= 0.3 is 0 Å². The molecule has 0 aliphatic carbocycles. The lowest BCUT2D eigenvalue weighted by Gasteiger charge is -2.30. The summed E-state index contributed by atoms with van der Waals surface area (Å²) in [6.45, 7) is 0.489. The summed E-state index contributed by atoms with van der Waals surface area (Å²) in [4.78, 5) is 19.6. The molecule has 1 heterocycles. The van der Waals surface area contributed by atoms with Crippen LogP contribution in [0.15, 0.2) is 101 Å². The monoisotopic (exact) mass is 733 g/mol. The number of amides is 1. The first-order chi connectivity index (χ1) is 25.2. The van der Waals surface area contributed by atoms with E-state index in [1.165, 1.54) is 40.6 Å². The number of aliphatic imine (C=N–C) groups is 1. The van der Waals surface area contributed by atoms with Crippen LogP contribution in [0.2, 0.25) is 0 Å². The lowest BCUT2D eigenvalue weighted by Crippen LogP contribution is -2.53. The van der Waals surface area contributed by atoms with Crippen LogP contribution in [0, 0.1) is 0 Å². The van der Waals surface area contributed by atoms with Crippen molar-refractivity contribution in [3.8, 4) is 28.7 Å². The van der Waals surface area contributed by atoms with Gasteiger partial charge in [0, 0.05) is 31.6 Å². The summed E-state index contributed by atoms with van der Waals surface area (Å²) in [5, 5.41) is 9.10. The van der Waals surface area contributed by atoms with E-state index in [1.807, 2.05) is 0 Å². The molecule has 0 spiro atoms. The average Bonchev–Trinajstić information content (AvgIpc) is 3.58. The molecule has 2 atom stereocenters. The number of ether oxygens (including phenoxy) is 6. The Hall–Kier alpha value is -5.31. The second kappa shape index (κ2) is 17.3. The van der Waals surface area contributed by atoms with Gasteiger partial charge in [0.25, 0.3) is 5.91 Å². The van der Waals surface area contributed by atoms with E-state index < -0.39 is 33.1 Å². The highest BCUT2D eigenvalue weighted by Crippen LogP contribution is 2.44. The molecule has 4 aromatic rings. The smallest absolute Gasteiger partial charge is 0.266 e. The summed E-state index contributed by atoms with van der Waals surface area (Å²) in [7, 11) is 2.21. The molecule has 5 rings (SSSR count). The standard InChI is InChI=1S/C38H43N3O10S/c1-46-30-11-8-10-28(24-30)35-38(18-21-52(44,45)31-12-6-5-7-13-31,40-36(51-35)27-14-16-29(17-15-27)50-20-9-19-42)37(43)41-39-25-26-22-32(47-2)34(49-4)33(23-26)48-3/h5-8,10-17,22-24,35,39,42H,9,18-21,25H2,1-4H3,(H,41,43)/t35-,38-/m0/s1. The van der Waals surface area contributed by atoms with E-state index in [-0.39, 0.29) is 30.4 Å². The highest BCUT2D eigenvalue weighted by Gasteiger charge is 2.54. The van der Waals surface area contributed by atoms with Crippen molar-refractivity contribution in [1.82, 2.24) is 10.9 Å². The van der Waals surface area contributed by atoms with Gasteiger partial charge in [-0.1, -0.05) is 30.3 Å². The van der Waals surface area contributed by atoms with Gasteiger partial charge < -0.3 is 33.5 Å². The molecule has 4 aromatic carbocycles. The normalized spacial score (nSPS) is 16.7. The van der Waals surface area contributed by atoms with Gasteiger partial charge in [-0.05, 0) is 71.8 Å². The first-order valence-electron chi connectivity index (χ1n) is 16.5. The number of hydrazine groups is 1. The molecule has 0 bridgehead atoms. The number of carbonyl (C=O) groups excluding carboxylic acids is 1. The quantitative estimate of drug-likeness (QED) is 0.0980. The number of nitrogens with zero attached hydrogens (tertiary/aromatic N) is 1. The molecule has 52 heavy (non-hydrogen) atoms. The second-order valence-corrected chi connectivity index (χ2v) is 13.9. The molecule has 14 heteroatoms. The fraction of sp³-hybridized carbons (Fsp3) is 0.316. The zero-order chi connectivity index (χ0) is 37.1. The van der Waals surface area contributed by atoms with Crippen LogP contribution in [-0.4, -0.2) is 78.3 Å². The van der Waals surface area contributed by atoms with E-state index in [0.29, 0.717) is 58.5 Å². The summed E-state index contributed by atoms with van der Waals surface area (Å²) in [5.41, 5.74) is 5.79. The topological polar surface area (TPSA) is 163 Å². The zero-order valence-electron chi connectivity index (χ0n) is 29.5. The van der Waals surface area contributed by atoms with Crippen molar-refractivity contribution in [2.24, 2.45) is 4.99 Å². The van der Waals surface area contributed by atoms with Gasteiger partial charge in [0.1, 0.15) is 11.5 Å². The molecule has 1 amide bonds. The molecular weight excluding hydrogens is 690 g/mol. The predicted molar refractivity (Wildman–Crippen MR) is 194 cm³/mol. The van der Waals surface area contributed by atoms with Crippen LogP contribution < -0.4 is 34.5 Å². The summed E-state index contributed by atoms with van der Waals surface area (Å²) >= 11 is 0. The van der Waals surface area contributed by atoms with Crippen molar-refractivity contribution in [1.29, 1.82) is 0 Å². The van der Waals surface area contributed by atoms with Crippen molar-refractivity contribution in [2.75, 3.05) is 47.4 Å². The van der Waals surface area contributed by atoms with Gasteiger partial charge in [0.05, 0.1) is 45.7 Å². The Morgan fingerprint density at radius 2 is 1.58 bits per heavy atom. The third-order valence-electron chi connectivity index (χ3n) is 8.50. The molecule has 13 nitrogen and oxygen atoms in total. The Kier molecular flexibility index (Phi) is 12.6. The van der Waals surface area contributed by atoms with E-state index in [9.17, 15) is 13.2 Å². The summed E-state index contributed by atoms with van der Waals surface area (Å²) < 4.78 is 61.4. The van der Waals surface area contributed by atoms with Gasteiger partial charge in [-0.2, -0.15) is 0 Å². The van der Waals surface area contributed by atoms with Crippen molar-refractivity contribution in [3.63, 3.8) is 0 Å². The molecule has 0 unspecified atom stereocenters. The lowest BCUT2D eigenvalue weighted by atomic mass is 9.85. The molecule has 0 fully saturated rings. The Morgan fingerprint density at radius 3 is 2.21 bits per heavy atom. The molecular formula is C38H43N3O10S. The maximum absolute atomic E-state index is 14.6. The van der Waals surface area contributed by atoms with E-state index in [1.54, 1.807) is 78.9 Å². The van der Waals surface area contributed by atoms with E-state index >= 15 is 0 Å². The molecule has 1 aliphatic heterocycles. The number of aliphatic hydroxyl groups is 1. The van der Waals surface area contributed by atoms with Crippen LogP contribution in [0.3, 0.4) is 0 Å². The Balaban J connectivity index is 1.53. The fourth-order valence-corrected chi connectivity index (χ4v) is 7.17. The van der Waals surface area contributed by atoms with Gasteiger partial charge in [0.2, 0.25) is 11.6 Å². The summed E-state index contributed by atoms with van der Waals surface area (Å²) in [6.07, 6.45) is -0.793. The third kappa shape index (κ3) is 8.58. The van der Waals surface area contributed by atoms with Gasteiger partial charge in [-0.3, -0.25) is 10.2 Å². The molecule has 0 aromatic heterocycles. The van der Waals surface area contributed by atoms with Crippen LogP contribution in [0.1, 0.15) is 35.6 Å². The van der Waals surface area contributed by atoms with E-state index in [2.05, 4.69) is 10.9 Å². The largest absolute Gasteiger partial charge is 0.497 e. The van der Waals surface area contributed by atoms with Crippen molar-refractivity contribution in [2.45, 2.75) is 35.9 Å². The van der Waals surface area contributed by atoms with Crippen LogP contribution in [0.5, 0.6) is 28.7 Å². The molecule has 276 valence electrons. The lowest BCUT2D eigenvalue weighted by molar-refractivity contribution is -0.130. The van der Waals surface area contributed by atoms with Crippen molar-refractivity contribution >= 4 is 21.6 Å². The fourth-order valence-electron chi connectivity index (χ4n) is 5.78. The Labute approximate surface area is 303 Å². The summed E-state index contributed by atoms with van der Waals surface area (Å²) in [5.74, 6) is 1.52. The minimum Gasteiger partial charge on any atom is -0.497 e. The highest BCUT2D eigenvalue weighted by molar-refractivity contribution is 7.91. The highest BCUT2D eigenvalue weighted by atomic mass is 32.2. The zero-order valence-corrected chi connectivity index (χ0v) is 30.3. The first kappa shape index (κ1) is 37.9. The maximum Gasteiger partial charge on any atom is 0.266 e. The molecule has 0 saturated carbocycles. The number of hydrogen-bond donors (Lipinski definition) is 3. The predicted octanol–water partition coefficient (Wildman–Crippen LogP) is 4.42. The number of benzene rings is 4. The third-order valence-corrected chi connectivity index (χ3v) is 10.2. The number of nitrogens with one attached hydrogen (secondary N) is 2. The molecule has 0 radical (unpaired) electrons. The van der Waals surface area contributed by atoms with Crippen LogP contribution in [-0.2, 0) is 25.9 Å². The summed E-state index contributed by atoms with van der Waals surface area (Å²) in [6, 6.07) is 25.5. The Morgan fingerprint density at radius 1 is 0.865 bits per heavy atom. The van der Waals surface area contributed by atoms with Crippen LogP contribution in [0.4, 0.5) is 0 Å². The number of carbonyl (C=O) groups is 1. The minimum atomic E-state index is -3.85. The number of rotatable bonds is 18. The van der Waals surface area contributed by atoms with Crippen molar-refractivity contribution in [3.05, 3.63) is 108 Å². The van der Waals surface area contributed by atoms with Crippen molar-refractivity contribution < 1.29 is 46.7 Å². The molecule has 0 saturated heterocycles. The second-order valence-electron chi connectivity index (χ2n) is 11.8. The van der Waals surface area contributed by atoms with E-state index in [4.69, 9.17) is 38.5 Å². The molecule has 3 N–H and O–H groups in total. The van der Waals surface area contributed by atoms with E-state index in [0.717, 1.165) is 0 Å². The average molecular weight is 734 g/mol. The molecule has 1 aliphatic rings. The maximum atomic E-state index is 14.6. The van der Waals surface area contributed by atoms with Gasteiger partial charge in [-0.25, -0.2) is 18.8 Å².